The molecule has 10 heteroatoms. The minimum absolute atomic E-state index is 0. The van der Waals surface area contributed by atoms with Crippen molar-refractivity contribution < 1.29 is 21.9 Å². The highest BCUT2D eigenvalue weighted by atomic mass is 35.5. The Balaban J connectivity index is 0.00000342. The van der Waals surface area contributed by atoms with Crippen LogP contribution in [0.1, 0.15) is 23.0 Å². The number of piperazine rings is 1. The van der Waals surface area contributed by atoms with Crippen molar-refractivity contribution in [1.29, 1.82) is 0 Å². The summed E-state index contributed by atoms with van der Waals surface area (Å²) in [7, 11) is 3.28. The molecule has 2 aromatic carbocycles. The molecule has 1 fully saturated rings. The summed E-state index contributed by atoms with van der Waals surface area (Å²) in [6, 6.07) is 13.9. The van der Waals surface area contributed by atoms with E-state index in [-0.39, 0.29) is 18.4 Å². The van der Waals surface area contributed by atoms with E-state index in [1.165, 1.54) is 0 Å². The zero-order valence-electron chi connectivity index (χ0n) is 20.1. The predicted octanol–water partition coefficient (Wildman–Crippen LogP) is 0.483. The molecule has 4 rings (SSSR count). The smallest absolute Gasteiger partial charge is 0.173 e. The number of hydrogen-bond acceptors (Lipinski definition) is 7. The molecule has 0 saturated carbocycles. The molecule has 0 aliphatic carbocycles. The summed E-state index contributed by atoms with van der Waals surface area (Å²) in [4.78, 5) is 4.85. The largest absolute Gasteiger partial charge is 1.00 e. The highest BCUT2D eigenvalue weighted by molar-refractivity contribution is 6.30. The zero-order chi connectivity index (χ0) is 23.9. The number of aromatic nitrogens is 4. The van der Waals surface area contributed by atoms with Gasteiger partial charge in [0.1, 0.15) is 0 Å². The van der Waals surface area contributed by atoms with Gasteiger partial charge in [0.15, 0.2) is 17.3 Å². The normalized spacial score (nSPS) is 15.3. The Hall–Kier alpha value is -2.65. The maximum atomic E-state index is 6.18. The average molecular weight is 518 g/mol. The van der Waals surface area contributed by atoms with Gasteiger partial charge in [0.05, 0.1) is 20.3 Å². The van der Waals surface area contributed by atoms with Crippen LogP contribution in [0.3, 0.4) is 0 Å². The third-order valence-corrected chi connectivity index (χ3v) is 6.46. The molecule has 8 nitrogen and oxygen atoms in total. The number of ether oxygens (including phenoxy) is 2. The van der Waals surface area contributed by atoms with Crippen LogP contribution in [0.25, 0.3) is 0 Å². The summed E-state index contributed by atoms with van der Waals surface area (Å²) < 4.78 is 12.7. The van der Waals surface area contributed by atoms with E-state index in [9.17, 15) is 0 Å². The van der Waals surface area contributed by atoms with E-state index < -0.39 is 0 Å². The van der Waals surface area contributed by atoms with Crippen molar-refractivity contribution in [2.45, 2.75) is 19.0 Å². The molecule has 0 amide bonds. The van der Waals surface area contributed by atoms with Crippen LogP contribution in [0.5, 0.6) is 11.5 Å². The Labute approximate surface area is 217 Å². The van der Waals surface area contributed by atoms with Crippen LogP contribution in [-0.4, -0.2) is 77.0 Å². The third kappa shape index (κ3) is 6.52. The second kappa shape index (κ2) is 12.9. The van der Waals surface area contributed by atoms with E-state index >= 15 is 0 Å². The third-order valence-electron chi connectivity index (χ3n) is 6.21. The number of halogens is 2. The quantitative estimate of drug-likeness (QED) is 0.362. The molecule has 1 aliphatic heterocycles. The molecular weight excluding hydrogens is 487 g/mol. The summed E-state index contributed by atoms with van der Waals surface area (Å²) in [5, 5.41) is 13.6. The Bertz CT molecular complexity index is 1080. The number of aryl methyl sites for hydroxylation is 2. The van der Waals surface area contributed by atoms with Crippen molar-refractivity contribution in [3.05, 3.63) is 77.1 Å². The maximum absolute atomic E-state index is 6.18. The second-order valence-corrected chi connectivity index (χ2v) is 8.72. The van der Waals surface area contributed by atoms with E-state index in [4.69, 9.17) is 21.1 Å². The first-order valence-electron chi connectivity index (χ1n) is 11.4. The maximum Gasteiger partial charge on any atom is 0.173 e. The van der Waals surface area contributed by atoms with Crippen molar-refractivity contribution in [3.63, 3.8) is 0 Å². The number of rotatable bonds is 10. The fourth-order valence-electron chi connectivity index (χ4n) is 4.39. The molecule has 0 radical (unpaired) electrons. The minimum atomic E-state index is -0.0523. The van der Waals surface area contributed by atoms with Gasteiger partial charge in [-0.25, -0.2) is 4.68 Å². The van der Waals surface area contributed by atoms with Gasteiger partial charge in [-0.1, -0.05) is 35.9 Å². The van der Waals surface area contributed by atoms with E-state index in [0.29, 0.717) is 23.1 Å². The van der Waals surface area contributed by atoms with Gasteiger partial charge >= 0.3 is 0 Å². The topological polar surface area (TPSA) is 68.5 Å². The fraction of sp³-hybridized carbons (Fsp3) is 0.400. The summed E-state index contributed by atoms with van der Waals surface area (Å²) in [5.41, 5.74) is 2.25. The molecule has 1 saturated heterocycles. The van der Waals surface area contributed by atoms with Gasteiger partial charge in [0.25, 0.3) is 0 Å². The molecular formula is C25H31Cl2N6O2-. The van der Waals surface area contributed by atoms with Crippen molar-refractivity contribution in [2.75, 3.05) is 46.9 Å². The number of methoxy groups -OCH3 is 2. The molecule has 1 unspecified atom stereocenters. The Morgan fingerprint density at radius 2 is 1.74 bits per heavy atom. The lowest BCUT2D eigenvalue weighted by Crippen LogP contribution is -3.00. The lowest BCUT2D eigenvalue weighted by atomic mass is 10.0. The van der Waals surface area contributed by atoms with E-state index in [1.54, 1.807) is 14.2 Å². The zero-order valence-corrected chi connectivity index (χ0v) is 21.6. The van der Waals surface area contributed by atoms with Crippen LogP contribution in [0.15, 0.2) is 55.1 Å². The molecule has 0 N–H and O–H groups in total. The first kappa shape index (κ1) is 26.9. The Morgan fingerprint density at radius 1 is 1.03 bits per heavy atom. The van der Waals surface area contributed by atoms with Gasteiger partial charge < -0.3 is 21.9 Å². The van der Waals surface area contributed by atoms with Crippen molar-refractivity contribution in [1.82, 2.24) is 30.0 Å². The number of nitrogens with zero attached hydrogens (tertiary/aromatic N) is 6. The molecule has 188 valence electrons. The number of hydrogen-bond donors (Lipinski definition) is 0. The highest BCUT2D eigenvalue weighted by Gasteiger charge is 2.30. The predicted molar refractivity (Wildman–Crippen MR) is 133 cm³/mol. The van der Waals surface area contributed by atoms with Gasteiger partial charge in [-0.3, -0.25) is 9.80 Å². The SMILES string of the molecule is C=CCN1CCN(C(c2ccc(Cl)cc2)c2nnnn2CCc2ccc(OC)c(OC)c2)CC1.[Cl-]. The lowest BCUT2D eigenvalue weighted by molar-refractivity contribution is -0.00000753. The van der Waals surface area contributed by atoms with Crippen LogP contribution < -0.4 is 21.9 Å². The monoisotopic (exact) mass is 517 g/mol. The van der Waals surface area contributed by atoms with Crippen molar-refractivity contribution >= 4 is 11.6 Å². The van der Waals surface area contributed by atoms with Crippen molar-refractivity contribution in [2.24, 2.45) is 0 Å². The molecule has 35 heavy (non-hydrogen) atoms. The lowest BCUT2D eigenvalue weighted by Gasteiger charge is -2.38. The second-order valence-electron chi connectivity index (χ2n) is 8.28. The van der Waals surface area contributed by atoms with E-state index in [0.717, 1.165) is 56.1 Å². The molecule has 1 aliphatic rings. The number of benzene rings is 2. The van der Waals surface area contributed by atoms with Gasteiger partial charge in [0.2, 0.25) is 0 Å². The molecule has 0 bridgehead atoms. The van der Waals surface area contributed by atoms with Crippen LogP contribution in [-0.2, 0) is 13.0 Å². The first-order valence-corrected chi connectivity index (χ1v) is 11.8. The summed E-state index contributed by atoms with van der Waals surface area (Å²) in [5.74, 6) is 2.26. The van der Waals surface area contributed by atoms with Gasteiger partial charge in [0, 0.05) is 44.3 Å². The van der Waals surface area contributed by atoms with Crippen LogP contribution in [0.2, 0.25) is 5.02 Å². The van der Waals surface area contributed by atoms with Crippen LogP contribution in [0, 0.1) is 0 Å². The molecule has 1 aromatic heterocycles. The Kier molecular flexibility index (Phi) is 9.92. The van der Waals surface area contributed by atoms with E-state index in [2.05, 4.69) is 44.0 Å². The van der Waals surface area contributed by atoms with Crippen LogP contribution >= 0.6 is 11.6 Å². The van der Waals surface area contributed by atoms with Crippen LogP contribution in [0.4, 0.5) is 0 Å². The molecule has 0 spiro atoms. The summed E-state index contributed by atoms with van der Waals surface area (Å²) in [6.45, 7) is 9.22. The van der Waals surface area contributed by atoms with Gasteiger partial charge in [-0.2, -0.15) is 0 Å². The average Bonchev–Trinajstić information content (AvgIpc) is 3.33. The standard InChI is InChI=1S/C25H31ClN6O2.ClH/c1-4-12-30-14-16-31(17-15-30)24(20-6-8-21(26)9-7-20)25-27-28-29-32(25)13-11-19-5-10-22(33-2)23(18-19)34-3;/h4-10,18,24H,1,11-17H2,2-3H3;1H/p-1. The fourth-order valence-corrected chi connectivity index (χ4v) is 4.52. The molecule has 1 atom stereocenters. The van der Waals surface area contributed by atoms with Gasteiger partial charge in [-0.15, -0.1) is 11.7 Å². The Morgan fingerprint density at radius 3 is 2.40 bits per heavy atom. The summed E-state index contributed by atoms with van der Waals surface area (Å²) in [6.07, 6.45) is 2.72. The van der Waals surface area contributed by atoms with Crippen molar-refractivity contribution in [3.8, 4) is 11.5 Å². The van der Waals surface area contributed by atoms with E-state index in [1.807, 2.05) is 41.1 Å². The van der Waals surface area contributed by atoms with Gasteiger partial charge in [-0.05, 0) is 52.2 Å². The highest BCUT2D eigenvalue weighted by Crippen LogP contribution is 2.30. The molecule has 2 heterocycles. The molecule has 3 aromatic rings. The number of tetrazole rings is 1. The minimum Gasteiger partial charge on any atom is -1.00 e. The first-order chi connectivity index (χ1) is 16.6. The summed E-state index contributed by atoms with van der Waals surface area (Å²) >= 11 is 6.18.